The minimum Gasteiger partial charge on any atom is -0.372 e. The van der Waals surface area contributed by atoms with Crippen molar-refractivity contribution >= 4 is 40.9 Å². The van der Waals surface area contributed by atoms with Crippen LogP contribution < -0.4 is 21.3 Å². The molecule has 1 aromatic heterocycles. The van der Waals surface area contributed by atoms with E-state index in [0.29, 0.717) is 44.1 Å². The number of hydrogen-bond donors (Lipinski definition) is 3. The standard InChI is InChI=1S/C24H25N7O5/c25-21(33)15-12-26-7-6-17(15)30-10-8-29(9-11-30)13-27-16-3-1-2-14-20(16)24(36)31(23(14)35)18-4-5-19(32)28-22(18)34/h1-3,6-7,12,18,27H,4-5,8-11,13H2,(H2,25,33)(H,28,32,34). The average Bonchev–Trinajstić information content (AvgIpc) is 3.13. The first-order valence-electron chi connectivity index (χ1n) is 11.6. The number of anilines is 2. The maximum atomic E-state index is 13.2. The molecular formula is C24H25N7O5. The topological polar surface area (TPSA) is 158 Å². The number of hydrogen-bond acceptors (Lipinski definition) is 9. The van der Waals surface area contributed by atoms with Crippen LogP contribution in [0.15, 0.2) is 36.7 Å². The fourth-order valence-corrected chi connectivity index (χ4v) is 4.86. The van der Waals surface area contributed by atoms with Crippen molar-refractivity contribution in [2.24, 2.45) is 5.73 Å². The number of benzene rings is 1. The molecule has 5 rings (SSSR count). The highest BCUT2D eigenvalue weighted by Crippen LogP contribution is 2.32. The molecule has 3 aliphatic rings. The number of piperidine rings is 1. The molecule has 12 heteroatoms. The molecule has 0 bridgehead atoms. The molecule has 186 valence electrons. The van der Waals surface area contributed by atoms with E-state index >= 15 is 0 Å². The van der Waals surface area contributed by atoms with Crippen LogP contribution in [0.5, 0.6) is 0 Å². The SMILES string of the molecule is NC(=O)c1cnccc1N1CCN(CNc2cccc3c2C(=O)N(C2CCC(=O)NC2=O)C3=O)CC1. The van der Waals surface area contributed by atoms with E-state index < -0.39 is 35.6 Å². The maximum Gasteiger partial charge on any atom is 0.264 e. The van der Waals surface area contributed by atoms with Gasteiger partial charge in [0.2, 0.25) is 11.8 Å². The lowest BCUT2D eigenvalue weighted by atomic mass is 10.0. The van der Waals surface area contributed by atoms with E-state index in [1.807, 2.05) is 0 Å². The summed E-state index contributed by atoms with van der Waals surface area (Å²) in [5.41, 5.74) is 7.59. The first-order valence-corrected chi connectivity index (χ1v) is 11.6. The van der Waals surface area contributed by atoms with Gasteiger partial charge in [-0.1, -0.05) is 6.07 Å². The summed E-state index contributed by atoms with van der Waals surface area (Å²) >= 11 is 0. The number of imide groups is 2. The van der Waals surface area contributed by atoms with Gasteiger partial charge in [-0.25, -0.2) is 0 Å². The molecule has 2 saturated heterocycles. The fraction of sp³-hybridized carbons (Fsp3) is 0.333. The van der Waals surface area contributed by atoms with Gasteiger partial charge in [-0.3, -0.25) is 44.1 Å². The average molecular weight is 492 g/mol. The number of carbonyl (C=O) groups is 5. The highest BCUT2D eigenvalue weighted by molar-refractivity contribution is 6.25. The quantitative estimate of drug-likeness (QED) is 0.464. The van der Waals surface area contributed by atoms with Crippen LogP contribution >= 0.6 is 0 Å². The van der Waals surface area contributed by atoms with E-state index in [-0.39, 0.29) is 24.0 Å². The Balaban J connectivity index is 1.25. The lowest BCUT2D eigenvalue weighted by Gasteiger charge is -2.36. The number of nitrogens with two attached hydrogens (primary N) is 1. The van der Waals surface area contributed by atoms with Crippen molar-refractivity contribution in [3.63, 3.8) is 0 Å². The Bertz CT molecular complexity index is 1270. The van der Waals surface area contributed by atoms with Gasteiger partial charge in [-0.05, 0) is 24.6 Å². The van der Waals surface area contributed by atoms with Crippen molar-refractivity contribution in [2.45, 2.75) is 18.9 Å². The summed E-state index contributed by atoms with van der Waals surface area (Å²) < 4.78 is 0. The predicted octanol–water partition coefficient (Wildman–Crippen LogP) is -0.227. The Kier molecular flexibility index (Phi) is 6.10. The Morgan fingerprint density at radius 2 is 1.86 bits per heavy atom. The minimum absolute atomic E-state index is 0.0708. The summed E-state index contributed by atoms with van der Waals surface area (Å²) in [5.74, 6) is -2.66. The smallest absolute Gasteiger partial charge is 0.264 e. The van der Waals surface area contributed by atoms with Gasteiger partial charge in [-0.2, -0.15) is 0 Å². The van der Waals surface area contributed by atoms with Gasteiger partial charge in [0.1, 0.15) is 6.04 Å². The summed E-state index contributed by atoms with van der Waals surface area (Å²) in [6.07, 6.45) is 3.28. The van der Waals surface area contributed by atoms with Crippen LogP contribution in [-0.2, 0) is 9.59 Å². The van der Waals surface area contributed by atoms with Crippen LogP contribution in [0.25, 0.3) is 0 Å². The Morgan fingerprint density at radius 3 is 2.58 bits per heavy atom. The summed E-state index contributed by atoms with van der Waals surface area (Å²) in [5, 5.41) is 5.46. The summed E-state index contributed by atoms with van der Waals surface area (Å²) in [4.78, 5) is 70.9. The number of nitrogens with one attached hydrogen (secondary N) is 2. The zero-order chi connectivity index (χ0) is 25.4. The number of aromatic nitrogens is 1. The largest absolute Gasteiger partial charge is 0.372 e. The molecule has 2 fully saturated rings. The van der Waals surface area contributed by atoms with E-state index in [2.05, 4.69) is 25.4 Å². The molecule has 2 aromatic rings. The van der Waals surface area contributed by atoms with Crippen LogP contribution in [-0.4, -0.2) is 83.2 Å². The Hall–Kier alpha value is -4.32. The van der Waals surface area contributed by atoms with Crippen LogP contribution in [0.1, 0.15) is 43.9 Å². The molecule has 0 aliphatic carbocycles. The molecule has 5 amide bonds. The number of piperazine rings is 1. The van der Waals surface area contributed by atoms with Crippen LogP contribution in [0.4, 0.5) is 11.4 Å². The summed E-state index contributed by atoms with van der Waals surface area (Å²) in [6.45, 7) is 3.15. The van der Waals surface area contributed by atoms with Crippen LogP contribution in [0.2, 0.25) is 0 Å². The van der Waals surface area contributed by atoms with Gasteiger partial charge in [0, 0.05) is 50.7 Å². The molecule has 0 saturated carbocycles. The molecule has 36 heavy (non-hydrogen) atoms. The van der Waals surface area contributed by atoms with Gasteiger partial charge in [0.05, 0.1) is 29.0 Å². The second-order valence-corrected chi connectivity index (χ2v) is 8.87. The molecule has 0 radical (unpaired) electrons. The third kappa shape index (κ3) is 4.15. The highest BCUT2D eigenvalue weighted by atomic mass is 16.2. The lowest BCUT2D eigenvalue weighted by molar-refractivity contribution is -0.136. The van der Waals surface area contributed by atoms with Gasteiger partial charge in [0.15, 0.2) is 0 Å². The molecular weight excluding hydrogens is 466 g/mol. The van der Waals surface area contributed by atoms with E-state index in [1.165, 1.54) is 6.20 Å². The molecule has 1 atom stereocenters. The molecule has 12 nitrogen and oxygen atoms in total. The van der Waals surface area contributed by atoms with E-state index in [4.69, 9.17) is 5.73 Å². The third-order valence-corrected chi connectivity index (χ3v) is 6.74. The van der Waals surface area contributed by atoms with Crippen molar-refractivity contribution in [3.8, 4) is 0 Å². The van der Waals surface area contributed by atoms with Gasteiger partial charge in [-0.15, -0.1) is 0 Å². The van der Waals surface area contributed by atoms with E-state index in [0.717, 1.165) is 10.6 Å². The lowest BCUT2D eigenvalue weighted by Crippen LogP contribution is -2.54. The Labute approximate surface area is 206 Å². The number of amides is 5. The number of fused-ring (bicyclic) bond motifs is 1. The van der Waals surface area contributed by atoms with Crippen molar-refractivity contribution in [1.82, 2.24) is 20.1 Å². The molecule has 4 N–H and O–H groups in total. The normalized spacial score (nSPS) is 20.4. The molecule has 1 unspecified atom stereocenters. The number of primary amides is 1. The van der Waals surface area contributed by atoms with Crippen molar-refractivity contribution < 1.29 is 24.0 Å². The predicted molar refractivity (Wildman–Crippen MR) is 128 cm³/mol. The second kappa shape index (κ2) is 9.38. The van der Waals surface area contributed by atoms with Crippen molar-refractivity contribution in [2.75, 3.05) is 43.1 Å². The van der Waals surface area contributed by atoms with Crippen LogP contribution in [0, 0.1) is 0 Å². The summed E-state index contributed by atoms with van der Waals surface area (Å²) in [6, 6.07) is 5.75. The second-order valence-electron chi connectivity index (χ2n) is 8.87. The number of rotatable bonds is 6. The van der Waals surface area contributed by atoms with Gasteiger partial charge in [0.25, 0.3) is 17.7 Å². The van der Waals surface area contributed by atoms with E-state index in [9.17, 15) is 24.0 Å². The summed E-state index contributed by atoms with van der Waals surface area (Å²) in [7, 11) is 0. The fourth-order valence-electron chi connectivity index (χ4n) is 4.86. The molecule has 3 aliphatic heterocycles. The zero-order valence-electron chi connectivity index (χ0n) is 19.4. The zero-order valence-corrected chi connectivity index (χ0v) is 19.4. The van der Waals surface area contributed by atoms with Gasteiger partial charge < -0.3 is 16.0 Å². The highest BCUT2D eigenvalue weighted by Gasteiger charge is 2.45. The molecule has 0 spiro atoms. The van der Waals surface area contributed by atoms with Gasteiger partial charge >= 0.3 is 0 Å². The Morgan fingerprint density at radius 1 is 1.08 bits per heavy atom. The number of carbonyl (C=O) groups excluding carboxylic acids is 5. The number of pyridine rings is 1. The monoisotopic (exact) mass is 491 g/mol. The molecule has 4 heterocycles. The maximum absolute atomic E-state index is 13.2. The first-order chi connectivity index (χ1) is 17.3. The number of nitrogens with zero attached hydrogens (tertiary/aromatic N) is 4. The first kappa shape index (κ1) is 23.4. The third-order valence-electron chi connectivity index (χ3n) is 6.74. The van der Waals surface area contributed by atoms with Crippen LogP contribution in [0.3, 0.4) is 0 Å². The van der Waals surface area contributed by atoms with Crippen molar-refractivity contribution in [1.29, 1.82) is 0 Å². The minimum atomic E-state index is -1.01. The van der Waals surface area contributed by atoms with Crippen molar-refractivity contribution in [3.05, 3.63) is 53.3 Å². The van der Waals surface area contributed by atoms with E-state index in [1.54, 1.807) is 30.5 Å². The molecule has 1 aromatic carbocycles.